The van der Waals surface area contributed by atoms with Crippen molar-refractivity contribution in [1.29, 1.82) is 5.26 Å². The number of nitriles is 1. The normalized spacial score (nSPS) is 10.7. The van der Waals surface area contributed by atoms with Crippen LogP contribution in [0, 0.1) is 17.1 Å². The van der Waals surface area contributed by atoms with Crippen molar-refractivity contribution in [2.24, 2.45) is 0 Å². The van der Waals surface area contributed by atoms with E-state index in [9.17, 15) is 4.39 Å². The van der Waals surface area contributed by atoms with Crippen LogP contribution in [0.15, 0.2) is 18.2 Å². The first kappa shape index (κ1) is 15.7. The first-order valence-corrected chi connectivity index (χ1v) is 7.12. The molecule has 0 fully saturated rings. The van der Waals surface area contributed by atoms with Crippen LogP contribution in [0.25, 0.3) is 0 Å². The molecule has 104 valence electrons. The van der Waals surface area contributed by atoms with Gasteiger partial charge in [-0.15, -0.1) is 0 Å². The van der Waals surface area contributed by atoms with Crippen molar-refractivity contribution in [3.8, 4) is 6.07 Å². The van der Waals surface area contributed by atoms with Crippen molar-refractivity contribution in [2.75, 3.05) is 13.1 Å². The molecule has 2 nitrogen and oxygen atoms in total. The van der Waals surface area contributed by atoms with Crippen LogP contribution >= 0.6 is 0 Å². The summed E-state index contributed by atoms with van der Waals surface area (Å²) in [5.41, 5.74) is 1.16. The maximum Gasteiger partial charge on any atom is 0.140 e. The molecule has 0 radical (unpaired) electrons. The lowest BCUT2D eigenvalue weighted by Crippen LogP contribution is -2.25. The van der Waals surface area contributed by atoms with Gasteiger partial charge in [-0.3, -0.25) is 4.90 Å². The van der Waals surface area contributed by atoms with E-state index >= 15 is 0 Å². The lowest BCUT2D eigenvalue weighted by molar-refractivity contribution is 0.257. The third-order valence-corrected chi connectivity index (χ3v) is 3.21. The van der Waals surface area contributed by atoms with Gasteiger partial charge in [-0.25, -0.2) is 4.39 Å². The standard InChI is InChI=1S/C16H23FN2/c1-3-5-9-19(10-6-4-2)13-14-7-8-16(17)15(11-14)12-18/h7-8,11H,3-6,9-10,13H2,1-2H3. The molecule has 0 heterocycles. The summed E-state index contributed by atoms with van der Waals surface area (Å²) in [5, 5.41) is 8.86. The van der Waals surface area contributed by atoms with E-state index in [0.717, 1.165) is 25.2 Å². The van der Waals surface area contributed by atoms with E-state index in [0.29, 0.717) is 0 Å². The number of nitrogens with zero attached hydrogens (tertiary/aromatic N) is 2. The van der Waals surface area contributed by atoms with Crippen LogP contribution < -0.4 is 0 Å². The summed E-state index contributed by atoms with van der Waals surface area (Å²) in [6.45, 7) is 7.30. The SMILES string of the molecule is CCCCN(CCCC)Cc1ccc(F)c(C#N)c1. The Morgan fingerprint density at radius 1 is 1.16 bits per heavy atom. The summed E-state index contributed by atoms with van der Waals surface area (Å²) in [6.07, 6.45) is 4.71. The Kier molecular flexibility index (Phi) is 7.14. The predicted octanol–water partition coefficient (Wildman–Crippen LogP) is 4.10. The smallest absolute Gasteiger partial charge is 0.140 e. The summed E-state index contributed by atoms with van der Waals surface area (Å²) in [4.78, 5) is 2.39. The quantitative estimate of drug-likeness (QED) is 0.705. The van der Waals surface area contributed by atoms with E-state index in [1.54, 1.807) is 12.1 Å². The van der Waals surface area contributed by atoms with Crippen LogP contribution in [0.4, 0.5) is 4.39 Å². The lowest BCUT2D eigenvalue weighted by atomic mass is 10.1. The van der Waals surface area contributed by atoms with Crippen molar-refractivity contribution < 1.29 is 4.39 Å². The van der Waals surface area contributed by atoms with Crippen LogP contribution in [0.3, 0.4) is 0 Å². The zero-order valence-electron chi connectivity index (χ0n) is 12.0. The highest BCUT2D eigenvalue weighted by molar-refractivity contribution is 5.34. The largest absolute Gasteiger partial charge is 0.299 e. The fourth-order valence-corrected chi connectivity index (χ4v) is 2.05. The molecule has 1 rings (SSSR count). The van der Waals surface area contributed by atoms with Gasteiger partial charge in [0, 0.05) is 6.54 Å². The first-order valence-electron chi connectivity index (χ1n) is 7.12. The van der Waals surface area contributed by atoms with E-state index in [2.05, 4.69) is 18.7 Å². The molecule has 0 bridgehead atoms. The van der Waals surface area contributed by atoms with Gasteiger partial charge in [0.2, 0.25) is 0 Å². The molecule has 0 amide bonds. The molecule has 3 heteroatoms. The van der Waals surface area contributed by atoms with Crippen molar-refractivity contribution in [3.05, 3.63) is 35.1 Å². The summed E-state index contributed by atoms with van der Waals surface area (Å²) < 4.78 is 13.3. The second kappa shape index (κ2) is 8.66. The van der Waals surface area contributed by atoms with Gasteiger partial charge in [-0.1, -0.05) is 32.8 Å². The molecule has 0 atom stereocenters. The zero-order chi connectivity index (χ0) is 14.1. The van der Waals surface area contributed by atoms with Gasteiger partial charge in [0.15, 0.2) is 0 Å². The molecule has 0 spiro atoms. The molecule has 0 unspecified atom stereocenters. The van der Waals surface area contributed by atoms with Crippen molar-refractivity contribution in [2.45, 2.75) is 46.1 Å². The number of rotatable bonds is 8. The molecule has 1 aromatic carbocycles. The Balaban J connectivity index is 2.69. The third-order valence-electron chi connectivity index (χ3n) is 3.21. The summed E-state index contributed by atoms with van der Waals surface area (Å²) in [5.74, 6) is -0.431. The first-order chi connectivity index (χ1) is 9.21. The predicted molar refractivity (Wildman–Crippen MR) is 76.2 cm³/mol. The second-order valence-electron chi connectivity index (χ2n) is 4.91. The number of unbranched alkanes of at least 4 members (excludes halogenated alkanes) is 2. The maximum atomic E-state index is 13.3. The maximum absolute atomic E-state index is 13.3. The highest BCUT2D eigenvalue weighted by atomic mass is 19.1. The Labute approximate surface area is 115 Å². The summed E-state index contributed by atoms with van der Waals surface area (Å²) in [7, 11) is 0. The minimum Gasteiger partial charge on any atom is -0.299 e. The monoisotopic (exact) mass is 262 g/mol. The second-order valence-corrected chi connectivity index (χ2v) is 4.91. The van der Waals surface area contributed by atoms with Gasteiger partial charge in [-0.2, -0.15) is 5.26 Å². The Bertz CT molecular complexity index is 415. The average Bonchev–Trinajstić information content (AvgIpc) is 2.43. The van der Waals surface area contributed by atoms with Crippen LogP contribution in [0.5, 0.6) is 0 Å². The third kappa shape index (κ3) is 5.40. The molecule has 0 aliphatic heterocycles. The minimum atomic E-state index is -0.431. The summed E-state index contributed by atoms with van der Waals surface area (Å²) >= 11 is 0. The van der Waals surface area contributed by atoms with Gasteiger partial charge in [-0.05, 0) is 43.6 Å². The fraction of sp³-hybridized carbons (Fsp3) is 0.562. The number of halogens is 1. The van der Waals surface area contributed by atoms with Gasteiger partial charge in [0.25, 0.3) is 0 Å². The number of hydrogen-bond acceptors (Lipinski definition) is 2. The molecule has 19 heavy (non-hydrogen) atoms. The van der Waals surface area contributed by atoms with Crippen LogP contribution in [0.1, 0.15) is 50.7 Å². The Morgan fingerprint density at radius 2 is 1.79 bits per heavy atom. The van der Waals surface area contributed by atoms with Crippen LogP contribution in [0.2, 0.25) is 0 Å². The molecule has 0 N–H and O–H groups in total. The molecular formula is C16H23FN2. The number of hydrogen-bond donors (Lipinski definition) is 0. The van der Waals surface area contributed by atoms with Gasteiger partial charge >= 0.3 is 0 Å². The molecule has 0 aromatic heterocycles. The molecule has 1 aromatic rings. The van der Waals surface area contributed by atoms with E-state index in [4.69, 9.17) is 5.26 Å². The van der Waals surface area contributed by atoms with Crippen LogP contribution in [-0.2, 0) is 6.54 Å². The lowest BCUT2D eigenvalue weighted by Gasteiger charge is -2.22. The Morgan fingerprint density at radius 3 is 2.32 bits per heavy atom. The Hall–Kier alpha value is -1.40. The minimum absolute atomic E-state index is 0.142. The van der Waals surface area contributed by atoms with E-state index in [1.165, 1.54) is 31.7 Å². The molecule has 0 saturated carbocycles. The van der Waals surface area contributed by atoms with E-state index in [1.807, 2.05) is 6.07 Å². The van der Waals surface area contributed by atoms with Crippen molar-refractivity contribution >= 4 is 0 Å². The van der Waals surface area contributed by atoms with Crippen molar-refractivity contribution in [3.63, 3.8) is 0 Å². The van der Waals surface area contributed by atoms with Gasteiger partial charge < -0.3 is 0 Å². The molecular weight excluding hydrogens is 239 g/mol. The molecule has 0 saturated heterocycles. The average molecular weight is 262 g/mol. The van der Waals surface area contributed by atoms with Crippen molar-refractivity contribution in [1.82, 2.24) is 4.90 Å². The van der Waals surface area contributed by atoms with E-state index in [-0.39, 0.29) is 5.56 Å². The summed E-state index contributed by atoms with van der Waals surface area (Å²) in [6, 6.07) is 6.74. The highest BCUT2D eigenvalue weighted by Gasteiger charge is 2.08. The van der Waals surface area contributed by atoms with Crippen LogP contribution in [-0.4, -0.2) is 18.0 Å². The fourth-order valence-electron chi connectivity index (χ4n) is 2.05. The van der Waals surface area contributed by atoms with E-state index < -0.39 is 5.82 Å². The zero-order valence-corrected chi connectivity index (χ0v) is 12.0. The topological polar surface area (TPSA) is 27.0 Å². The highest BCUT2D eigenvalue weighted by Crippen LogP contribution is 2.13. The van der Waals surface area contributed by atoms with Gasteiger partial charge in [0.1, 0.15) is 11.9 Å². The van der Waals surface area contributed by atoms with Gasteiger partial charge in [0.05, 0.1) is 5.56 Å². The number of benzene rings is 1. The molecule has 0 aliphatic rings. The molecule has 0 aliphatic carbocycles.